The summed E-state index contributed by atoms with van der Waals surface area (Å²) in [5, 5.41) is 3.79. The van der Waals surface area contributed by atoms with E-state index in [2.05, 4.69) is 15.3 Å². The SMILES string of the molecule is CC(F)c1cnc(C(=O)CC23CC(NC(=O)COc4ccc(Cl)c(Cl)c4)(C2)C3)cn1. The third-order valence-corrected chi connectivity index (χ3v) is 6.45. The number of halogens is 3. The normalized spacial score (nSPS) is 24.9. The predicted octanol–water partition coefficient (Wildman–Crippen LogP) is 4.50. The molecule has 3 saturated carbocycles. The van der Waals surface area contributed by atoms with Crippen LogP contribution in [0.4, 0.5) is 4.39 Å². The molecule has 2 bridgehead atoms. The Balaban J connectivity index is 1.23. The van der Waals surface area contributed by atoms with Crippen LogP contribution in [0.2, 0.25) is 10.0 Å². The summed E-state index contributed by atoms with van der Waals surface area (Å²) in [6, 6.07) is 4.81. The largest absolute Gasteiger partial charge is 0.484 e. The minimum Gasteiger partial charge on any atom is -0.484 e. The Morgan fingerprint density at radius 2 is 1.93 bits per heavy atom. The number of amides is 1. The van der Waals surface area contributed by atoms with E-state index < -0.39 is 6.17 Å². The molecule has 30 heavy (non-hydrogen) atoms. The van der Waals surface area contributed by atoms with Gasteiger partial charge in [0.25, 0.3) is 5.91 Å². The Kier molecular flexibility index (Phi) is 5.45. The first kappa shape index (κ1) is 21.0. The van der Waals surface area contributed by atoms with E-state index in [0.717, 1.165) is 19.3 Å². The standard InChI is InChI=1S/C21H20Cl2FN3O3/c1-12(24)16-6-26-17(7-25-16)18(28)5-20-9-21(10-20,11-20)27-19(29)8-30-13-2-3-14(22)15(23)4-13/h2-4,6-7,12H,5,8-11H2,1H3,(H,27,29). The number of alkyl halides is 1. The van der Waals surface area contributed by atoms with Crippen molar-refractivity contribution in [3.05, 3.63) is 52.0 Å². The van der Waals surface area contributed by atoms with Crippen molar-refractivity contribution in [1.29, 1.82) is 0 Å². The van der Waals surface area contributed by atoms with Crippen LogP contribution in [-0.4, -0.2) is 33.8 Å². The fraction of sp³-hybridized carbons (Fsp3) is 0.429. The van der Waals surface area contributed by atoms with Crippen LogP contribution < -0.4 is 10.1 Å². The molecule has 1 N–H and O–H groups in total. The number of hydrogen-bond donors (Lipinski definition) is 1. The monoisotopic (exact) mass is 451 g/mol. The van der Waals surface area contributed by atoms with E-state index >= 15 is 0 Å². The summed E-state index contributed by atoms with van der Waals surface area (Å²) >= 11 is 11.8. The molecule has 3 aliphatic rings. The summed E-state index contributed by atoms with van der Waals surface area (Å²) in [6.45, 7) is 1.25. The molecule has 0 aliphatic heterocycles. The molecule has 1 atom stereocenters. The lowest BCUT2D eigenvalue weighted by Gasteiger charge is -2.70. The van der Waals surface area contributed by atoms with Gasteiger partial charge in [-0.2, -0.15) is 0 Å². The zero-order valence-electron chi connectivity index (χ0n) is 16.3. The summed E-state index contributed by atoms with van der Waals surface area (Å²) in [4.78, 5) is 32.7. The van der Waals surface area contributed by atoms with E-state index in [0.29, 0.717) is 22.2 Å². The van der Waals surface area contributed by atoms with Gasteiger partial charge in [0, 0.05) is 18.0 Å². The summed E-state index contributed by atoms with van der Waals surface area (Å²) in [7, 11) is 0. The van der Waals surface area contributed by atoms with Crippen molar-refractivity contribution in [3.8, 4) is 5.75 Å². The summed E-state index contributed by atoms with van der Waals surface area (Å²) < 4.78 is 18.7. The van der Waals surface area contributed by atoms with Crippen molar-refractivity contribution < 1.29 is 18.7 Å². The number of benzene rings is 1. The van der Waals surface area contributed by atoms with Crippen molar-refractivity contribution in [2.75, 3.05) is 6.61 Å². The van der Waals surface area contributed by atoms with E-state index in [1.807, 2.05) is 0 Å². The number of rotatable bonds is 8. The van der Waals surface area contributed by atoms with E-state index in [-0.39, 0.29) is 40.6 Å². The first-order chi connectivity index (χ1) is 14.2. The maximum Gasteiger partial charge on any atom is 0.258 e. The third kappa shape index (κ3) is 4.14. The fourth-order valence-corrected chi connectivity index (χ4v) is 4.77. The lowest BCUT2D eigenvalue weighted by Crippen LogP contribution is -2.75. The van der Waals surface area contributed by atoms with Gasteiger partial charge in [-0.25, -0.2) is 9.37 Å². The van der Waals surface area contributed by atoms with Gasteiger partial charge in [-0.1, -0.05) is 23.2 Å². The second kappa shape index (κ2) is 7.78. The van der Waals surface area contributed by atoms with E-state index in [1.54, 1.807) is 18.2 Å². The van der Waals surface area contributed by atoms with Gasteiger partial charge in [-0.05, 0) is 43.7 Å². The van der Waals surface area contributed by atoms with Crippen LogP contribution in [0.3, 0.4) is 0 Å². The highest BCUT2D eigenvalue weighted by Crippen LogP contribution is 2.69. The van der Waals surface area contributed by atoms with Gasteiger partial charge in [-0.3, -0.25) is 14.6 Å². The summed E-state index contributed by atoms with van der Waals surface area (Å²) in [5.74, 6) is 0.138. The summed E-state index contributed by atoms with van der Waals surface area (Å²) in [5.41, 5.74) is 0.110. The fourth-order valence-electron chi connectivity index (χ4n) is 4.48. The lowest BCUT2D eigenvalue weighted by atomic mass is 9.38. The number of hydrogen-bond acceptors (Lipinski definition) is 5. The highest BCUT2D eigenvalue weighted by atomic mass is 35.5. The Morgan fingerprint density at radius 1 is 1.20 bits per heavy atom. The van der Waals surface area contributed by atoms with Gasteiger partial charge in [0.1, 0.15) is 17.6 Å². The van der Waals surface area contributed by atoms with Gasteiger partial charge >= 0.3 is 0 Å². The molecular weight excluding hydrogens is 432 g/mol. The predicted molar refractivity (Wildman–Crippen MR) is 110 cm³/mol. The zero-order valence-corrected chi connectivity index (χ0v) is 17.8. The Hall–Kier alpha value is -2.25. The molecule has 1 aromatic carbocycles. The van der Waals surface area contributed by atoms with E-state index in [9.17, 15) is 14.0 Å². The quantitative estimate of drug-likeness (QED) is 0.597. The molecule has 0 spiro atoms. The Morgan fingerprint density at radius 3 is 2.53 bits per heavy atom. The van der Waals surface area contributed by atoms with Crippen molar-refractivity contribution in [1.82, 2.24) is 15.3 Å². The van der Waals surface area contributed by atoms with Gasteiger partial charge in [-0.15, -0.1) is 0 Å². The van der Waals surface area contributed by atoms with E-state index in [1.165, 1.54) is 19.3 Å². The molecule has 1 unspecified atom stereocenters. The number of aromatic nitrogens is 2. The maximum absolute atomic E-state index is 13.2. The summed E-state index contributed by atoms with van der Waals surface area (Å²) in [6.07, 6.45) is 4.01. The smallest absolute Gasteiger partial charge is 0.258 e. The minimum atomic E-state index is -1.22. The molecule has 3 aliphatic carbocycles. The molecule has 9 heteroatoms. The topological polar surface area (TPSA) is 81.2 Å². The lowest BCUT2D eigenvalue weighted by molar-refractivity contribution is -0.164. The highest BCUT2D eigenvalue weighted by Gasteiger charge is 2.68. The number of carbonyl (C=O) groups excluding carboxylic acids is 2. The number of ketones is 1. The molecule has 1 heterocycles. The van der Waals surface area contributed by atoms with Gasteiger partial charge in [0.2, 0.25) is 0 Å². The molecule has 0 radical (unpaired) electrons. The first-order valence-corrected chi connectivity index (χ1v) is 10.3. The second-order valence-electron chi connectivity index (χ2n) is 8.27. The molecule has 1 amide bonds. The Labute approximate surface area is 183 Å². The second-order valence-corrected chi connectivity index (χ2v) is 9.08. The van der Waals surface area contributed by atoms with Crippen LogP contribution in [0.5, 0.6) is 5.75 Å². The molecule has 158 valence electrons. The van der Waals surface area contributed by atoms with Crippen molar-refractivity contribution >= 4 is 34.9 Å². The average Bonchev–Trinajstić information content (AvgIpc) is 2.66. The minimum absolute atomic E-state index is 0.0946. The van der Waals surface area contributed by atoms with Crippen molar-refractivity contribution in [2.45, 2.75) is 44.3 Å². The molecule has 0 saturated heterocycles. The molecule has 1 aromatic heterocycles. The molecule has 5 rings (SSSR count). The zero-order chi connectivity index (χ0) is 21.5. The first-order valence-electron chi connectivity index (χ1n) is 9.57. The number of nitrogens with one attached hydrogen (secondary N) is 1. The van der Waals surface area contributed by atoms with Crippen LogP contribution in [0.15, 0.2) is 30.6 Å². The average molecular weight is 452 g/mol. The number of carbonyl (C=O) groups is 2. The number of Topliss-reactive ketones (excluding diaryl/α,β-unsaturated/α-hetero) is 1. The molecule has 2 aromatic rings. The molecule has 3 fully saturated rings. The van der Waals surface area contributed by atoms with Gasteiger partial charge < -0.3 is 10.1 Å². The van der Waals surface area contributed by atoms with Crippen LogP contribution in [0, 0.1) is 5.41 Å². The van der Waals surface area contributed by atoms with E-state index in [4.69, 9.17) is 27.9 Å². The van der Waals surface area contributed by atoms with Gasteiger partial charge in [0.15, 0.2) is 12.4 Å². The third-order valence-electron chi connectivity index (χ3n) is 5.71. The maximum atomic E-state index is 13.2. The van der Waals surface area contributed by atoms with Crippen LogP contribution in [0.1, 0.15) is 55.0 Å². The molecular formula is C21H20Cl2FN3O3. The van der Waals surface area contributed by atoms with Crippen molar-refractivity contribution in [3.63, 3.8) is 0 Å². The number of nitrogens with zero attached hydrogens (tertiary/aromatic N) is 2. The number of ether oxygens (including phenoxy) is 1. The van der Waals surface area contributed by atoms with Crippen LogP contribution in [0.25, 0.3) is 0 Å². The van der Waals surface area contributed by atoms with Gasteiger partial charge in [0.05, 0.1) is 28.1 Å². The highest BCUT2D eigenvalue weighted by molar-refractivity contribution is 6.42. The Bertz CT molecular complexity index is 978. The molecule has 6 nitrogen and oxygen atoms in total. The van der Waals surface area contributed by atoms with Crippen molar-refractivity contribution in [2.24, 2.45) is 5.41 Å². The van der Waals surface area contributed by atoms with Crippen LogP contribution >= 0.6 is 23.2 Å². The van der Waals surface area contributed by atoms with Crippen LogP contribution in [-0.2, 0) is 4.79 Å².